The van der Waals surface area contributed by atoms with Gasteiger partial charge in [-0.2, -0.15) is 0 Å². The van der Waals surface area contributed by atoms with E-state index >= 15 is 0 Å². The van der Waals surface area contributed by atoms with Gasteiger partial charge in [-0.05, 0) is 149 Å². The lowest BCUT2D eigenvalue weighted by Gasteiger charge is -2.47. The van der Waals surface area contributed by atoms with Crippen molar-refractivity contribution < 1.29 is 13.3 Å². The highest BCUT2D eigenvalue weighted by Crippen LogP contribution is 2.49. The monoisotopic (exact) mass is 696 g/mol. The second-order valence-corrected chi connectivity index (χ2v) is 14.7. The summed E-state index contributed by atoms with van der Waals surface area (Å²) >= 11 is 0. The van der Waals surface area contributed by atoms with Crippen molar-refractivity contribution in [1.29, 1.82) is 0 Å². The van der Waals surface area contributed by atoms with Gasteiger partial charge >= 0.3 is 0 Å². The number of rotatable bonds is 6. The van der Waals surface area contributed by atoms with E-state index in [2.05, 4.69) is 83.7 Å². The van der Waals surface area contributed by atoms with E-state index in [1.165, 1.54) is 11.1 Å². The Morgan fingerprint density at radius 1 is 0.528 bits per heavy atom. The summed E-state index contributed by atoms with van der Waals surface area (Å²) in [5.41, 5.74) is 16.5. The van der Waals surface area contributed by atoms with Crippen LogP contribution in [0.5, 0.6) is 0 Å². The van der Waals surface area contributed by atoms with E-state index in [4.69, 9.17) is 28.2 Å². The van der Waals surface area contributed by atoms with Crippen LogP contribution in [0.4, 0.5) is 11.4 Å². The van der Waals surface area contributed by atoms with E-state index in [0.29, 0.717) is 17.7 Å². The second kappa shape index (κ2) is 12.2. The van der Waals surface area contributed by atoms with Gasteiger partial charge in [-0.1, -0.05) is 42.0 Å². The van der Waals surface area contributed by atoms with Crippen molar-refractivity contribution in [2.24, 2.45) is 0 Å². The maximum atomic E-state index is 6.29. The molecule has 0 saturated carbocycles. The molecule has 0 amide bonds. The normalized spacial score (nSPS) is 16.2. The molecular formula is C46H40N4O3. The molecule has 1 unspecified atom stereocenters. The number of para-hydroxylation sites is 6. The molecule has 0 spiro atoms. The molecule has 53 heavy (non-hydrogen) atoms. The van der Waals surface area contributed by atoms with Crippen LogP contribution in [-0.4, -0.2) is 20.5 Å². The standard InChI is InChI=1S/C46H40N4O3/c1-26-22-38(28(3)20-32(26)43-47-35-14-8-11-17-40(35)51-43)50(39-23-27(2)33(21-29(39)4)44-48-36-15-9-12-18-41(36)52-44)46(7)25-30(5)34(24-31(46)6)45-49-37-16-10-13-19-42(37)53-45/h8-24H,25H2,1-7H3. The zero-order valence-electron chi connectivity index (χ0n) is 31.0. The molecule has 0 aliphatic heterocycles. The molecule has 1 aliphatic carbocycles. The first-order valence-corrected chi connectivity index (χ1v) is 18.1. The number of benzene rings is 5. The van der Waals surface area contributed by atoms with E-state index in [9.17, 15) is 0 Å². The molecule has 5 aromatic carbocycles. The van der Waals surface area contributed by atoms with Crippen LogP contribution in [0.15, 0.2) is 128 Å². The van der Waals surface area contributed by atoms with Gasteiger partial charge in [0.1, 0.15) is 16.6 Å². The highest BCUT2D eigenvalue weighted by molar-refractivity contribution is 5.85. The zero-order chi connectivity index (χ0) is 36.6. The first-order valence-electron chi connectivity index (χ1n) is 18.1. The number of aryl methyl sites for hydroxylation is 4. The Labute approximate surface area is 308 Å². The summed E-state index contributed by atoms with van der Waals surface area (Å²) in [5, 5.41) is 0. The minimum Gasteiger partial charge on any atom is -0.436 e. The molecule has 0 N–H and O–H groups in total. The van der Waals surface area contributed by atoms with Gasteiger partial charge in [-0.3, -0.25) is 0 Å². The fraction of sp³-hybridized carbons (Fsp3) is 0.196. The minimum atomic E-state index is -0.438. The molecule has 0 radical (unpaired) electrons. The Balaban J connectivity index is 1.20. The van der Waals surface area contributed by atoms with Crippen LogP contribution >= 0.6 is 0 Å². The van der Waals surface area contributed by atoms with Gasteiger partial charge in [-0.15, -0.1) is 0 Å². The van der Waals surface area contributed by atoms with Crippen molar-refractivity contribution in [1.82, 2.24) is 15.0 Å². The molecule has 0 saturated heterocycles. The second-order valence-electron chi connectivity index (χ2n) is 14.7. The molecule has 1 atom stereocenters. The van der Waals surface area contributed by atoms with Gasteiger partial charge in [0.15, 0.2) is 16.7 Å². The van der Waals surface area contributed by atoms with Crippen LogP contribution in [0.2, 0.25) is 0 Å². The third-order valence-corrected chi connectivity index (χ3v) is 10.9. The Kier molecular flexibility index (Phi) is 7.52. The van der Waals surface area contributed by atoms with Gasteiger partial charge < -0.3 is 18.2 Å². The summed E-state index contributed by atoms with van der Waals surface area (Å²) in [5.74, 6) is 1.91. The fourth-order valence-corrected chi connectivity index (χ4v) is 7.91. The first kappa shape index (κ1) is 32.7. The number of allylic oxidation sites excluding steroid dienone is 2. The molecule has 9 rings (SSSR count). The summed E-state index contributed by atoms with van der Waals surface area (Å²) < 4.78 is 18.8. The average Bonchev–Trinajstić information content (AvgIpc) is 3.89. The molecule has 3 aromatic heterocycles. The van der Waals surface area contributed by atoms with E-state index in [1.54, 1.807) is 0 Å². The molecule has 0 fully saturated rings. The third-order valence-electron chi connectivity index (χ3n) is 10.9. The molecule has 8 aromatic rings. The molecule has 1 aliphatic rings. The number of aromatic nitrogens is 3. The maximum Gasteiger partial charge on any atom is 0.227 e. The number of hydrogen-bond acceptors (Lipinski definition) is 7. The summed E-state index contributed by atoms with van der Waals surface area (Å²) in [6.07, 6.45) is 3.03. The van der Waals surface area contributed by atoms with Gasteiger partial charge in [0, 0.05) is 28.1 Å². The molecule has 3 heterocycles. The summed E-state index contributed by atoms with van der Waals surface area (Å²) in [7, 11) is 0. The molecule has 262 valence electrons. The Morgan fingerprint density at radius 2 is 0.943 bits per heavy atom. The minimum absolute atomic E-state index is 0.438. The topological polar surface area (TPSA) is 81.3 Å². The summed E-state index contributed by atoms with van der Waals surface area (Å²) in [6.45, 7) is 15.4. The van der Waals surface area contributed by atoms with Crippen LogP contribution in [0.3, 0.4) is 0 Å². The highest BCUT2D eigenvalue weighted by atomic mass is 16.4. The predicted molar refractivity (Wildman–Crippen MR) is 213 cm³/mol. The van der Waals surface area contributed by atoms with Crippen LogP contribution < -0.4 is 4.90 Å². The van der Waals surface area contributed by atoms with Crippen molar-refractivity contribution in [2.75, 3.05) is 4.90 Å². The number of fused-ring (bicyclic) bond motifs is 3. The van der Waals surface area contributed by atoms with E-state index in [-0.39, 0.29) is 0 Å². The quantitative estimate of drug-likeness (QED) is 0.171. The van der Waals surface area contributed by atoms with Gasteiger partial charge in [0.2, 0.25) is 17.7 Å². The zero-order valence-corrected chi connectivity index (χ0v) is 31.0. The fourth-order valence-electron chi connectivity index (χ4n) is 7.91. The number of anilines is 2. The van der Waals surface area contributed by atoms with Crippen LogP contribution in [0, 0.1) is 27.7 Å². The van der Waals surface area contributed by atoms with Gasteiger partial charge in [-0.25, -0.2) is 15.0 Å². The summed E-state index contributed by atoms with van der Waals surface area (Å²) in [6, 6.07) is 32.8. The van der Waals surface area contributed by atoms with Crippen LogP contribution in [0.25, 0.3) is 61.8 Å². The molecule has 7 nitrogen and oxygen atoms in total. The SMILES string of the molecule is CC1=CC(c2nc3ccccc3o2)=C(C)CC1(C)N(c1cc(C)c(-c2nc3ccccc3o2)cc1C)c1cc(C)c(-c2nc3ccccc3o2)cc1C. The Hall–Kier alpha value is -6.21. The predicted octanol–water partition coefficient (Wildman–Crippen LogP) is 12.4. The van der Waals surface area contributed by atoms with E-state index < -0.39 is 5.54 Å². The lowest BCUT2D eigenvalue weighted by molar-refractivity contribution is 0.517. The number of oxazole rings is 3. The van der Waals surface area contributed by atoms with Crippen LogP contribution in [-0.2, 0) is 0 Å². The maximum absolute atomic E-state index is 6.29. The number of hydrogen-bond donors (Lipinski definition) is 0. The Morgan fingerprint density at radius 3 is 1.40 bits per heavy atom. The summed E-state index contributed by atoms with van der Waals surface area (Å²) in [4.78, 5) is 17.1. The number of nitrogens with zero attached hydrogens (tertiary/aromatic N) is 4. The van der Waals surface area contributed by atoms with Crippen molar-refractivity contribution in [3.8, 4) is 22.9 Å². The lowest BCUT2D eigenvalue weighted by Crippen LogP contribution is -2.46. The van der Waals surface area contributed by atoms with Gasteiger partial charge in [0.25, 0.3) is 0 Å². The van der Waals surface area contributed by atoms with Crippen molar-refractivity contribution in [3.63, 3.8) is 0 Å². The van der Waals surface area contributed by atoms with Crippen molar-refractivity contribution in [3.05, 3.63) is 142 Å². The molecular weight excluding hydrogens is 657 g/mol. The van der Waals surface area contributed by atoms with Gasteiger partial charge in [0.05, 0.1) is 5.54 Å². The third kappa shape index (κ3) is 5.38. The highest BCUT2D eigenvalue weighted by Gasteiger charge is 2.40. The Bertz CT molecular complexity index is 2580. The largest absolute Gasteiger partial charge is 0.436 e. The van der Waals surface area contributed by atoms with Crippen molar-refractivity contribution >= 4 is 50.2 Å². The lowest BCUT2D eigenvalue weighted by atomic mass is 9.77. The first-order chi connectivity index (χ1) is 25.6. The smallest absolute Gasteiger partial charge is 0.227 e. The molecule has 7 heteroatoms. The van der Waals surface area contributed by atoms with E-state index in [1.807, 2.05) is 72.8 Å². The molecule has 0 bridgehead atoms. The van der Waals surface area contributed by atoms with Crippen LogP contribution in [0.1, 0.15) is 55.3 Å². The van der Waals surface area contributed by atoms with E-state index in [0.717, 1.165) is 90.0 Å². The van der Waals surface area contributed by atoms with Crippen molar-refractivity contribution in [2.45, 2.75) is 60.4 Å². The average molecular weight is 697 g/mol.